The van der Waals surface area contributed by atoms with Gasteiger partial charge in [0.25, 0.3) is 0 Å². The Kier molecular flexibility index (Phi) is 5.48. The van der Waals surface area contributed by atoms with E-state index in [2.05, 4.69) is 30.6 Å². The summed E-state index contributed by atoms with van der Waals surface area (Å²) < 4.78 is 3.06. The van der Waals surface area contributed by atoms with Gasteiger partial charge in [-0.15, -0.1) is 28.3 Å². The summed E-state index contributed by atoms with van der Waals surface area (Å²) in [5.74, 6) is 0. The Labute approximate surface area is 172 Å². The molecule has 1 aromatic carbocycles. The van der Waals surface area contributed by atoms with Crippen LogP contribution in [-0.2, 0) is 0 Å². The lowest BCUT2D eigenvalue weighted by molar-refractivity contribution is 1.16. The number of rotatable bonds is 3. The van der Waals surface area contributed by atoms with Gasteiger partial charge in [-0.05, 0) is 59.3 Å². The highest BCUT2D eigenvalue weighted by Gasteiger charge is 2.14. The molecule has 0 radical (unpaired) electrons. The minimum absolute atomic E-state index is 0. The van der Waals surface area contributed by atoms with E-state index in [9.17, 15) is 0 Å². The molecule has 4 aromatic rings. The number of fused-ring (bicyclic) bond motifs is 1. The van der Waals surface area contributed by atoms with Crippen molar-refractivity contribution in [2.24, 2.45) is 0 Å². The molecule has 3 heterocycles. The van der Waals surface area contributed by atoms with Gasteiger partial charge in [-0.1, -0.05) is 11.6 Å². The molecule has 25 heavy (non-hydrogen) atoms. The average molecular weight is 501 g/mol. The topological polar surface area (TPSA) is 42.2 Å². The van der Waals surface area contributed by atoms with Crippen LogP contribution >= 0.6 is 55.8 Å². The van der Waals surface area contributed by atoms with Crippen LogP contribution in [0.25, 0.3) is 17.0 Å². The van der Waals surface area contributed by atoms with Crippen LogP contribution < -0.4 is 5.32 Å². The van der Waals surface area contributed by atoms with E-state index in [0.717, 1.165) is 38.0 Å². The predicted molar refractivity (Wildman–Crippen MR) is 114 cm³/mol. The first-order valence-corrected chi connectivity index (χ1v) is 9.28. The molecule has 0 aliphatic heterocycles. The van der Waals surface area contributed by atoms with E-state index < -0.39 is 0 Å². The molecule has 4 rings (SSSR count). The van der Waals surface area contributed by atoms with E-state index in [1.54, 1.807) is 11.3 Å². The number of hydrogen-bond donors (Lipinski definition) is 1. The van der Waals surface area contributed by atoms with E-state index in [-0.39, 0.29) is 17.0 Å². The van der Waals surface area contributed by atoms with Gasteiger partial charge in [0, 0.05) is 26.8 Å². The Hall–Kier alpha value is -1.41. The molecule has 8 heteroatoms. The Morgan fingerprint density at radius 1 is 1.12 bits per heavy atom. The Morgan fingerprint density at radius 2 is 1.88 bits per heavy atom. The van der Waals surface area contributed by atoms with Crippen LogP contribution in [0.2, 0.25) is 5.02 Å². The van der Waals surface area contributed by atoms with Crippen molar-refractivity contribution in [2.45, 2.75) is 6.92 Å². The summed E-state index contributed by atoms with van der Waals surface area (Å²) in [6.07, 6.45) is 2.01. The lowest BCUT2D eigenvalue weighted by atomic mass is 10.3. The van der Waals surface area contributed by atoms with Gasteiger partial charge < -0.3 is 5.32 Å². The number of nitrogens with one attached hydrogen (secondary N) is 1. The van der Waals surface area contributed by atoms with E-state index in [4.69, 9.17) is 16.6 Å². The van der Waals surface area contributed by atoms with Gasteiger partial charge >= 0.3 is 0 Å². The number of aromatic nitrogens is 3. The maximum absolute atomic E-state index is 5.92. The van der Waals surface area contributed by atoms with Crippen LogP contribution in [0.1, 0.15) is 5.69 Å². The molecule has 3 aromatic heterocycles. The summed E-state index contributed by atoms with van der Waals surface area (Å²) in [5.41, 5.74) is 4.73. The van der Waals surface area contributed by atoms with E-state index in [1.807, 2.05) is 54.9 Å². The monoisotopic (exact) mass is 498 g/mol. The predicted octanol–water partition coefficient (Wildman–Crippen LogP) is 6.50. The lowest BCUT2D eigenvalue weighted by Gasteiger charge is -2.02. The molecule has 0 saturated carbocycles. The zero-order chi connectivity index (χ0) is 16.7. The number of thiazole rings is 1. The molecule has 0 amide bonds. The van der Waals surface area contributed by atoms with Gasteiger partial charge in [0.15, 0.2) is 5.13 Å². The highest BCUT2D eigenvalue weighted by molar-refractivity contribution is 9.10. The number of anilines is 2. The molecule has 0 spiro atoms. The van der Waals surface area contributed by atoms with Crippen molar-refractivity contribution in [1.29, 1.82) is 0 Å². The molecule has 128 valence electrons. The molecule has 0 aliphatic carbocycles. The number of hydrogen-bond acceptors (Lipinski definition) is 4. The second-order valence-electron chi connectivity index (χ2n) is 5.29. The normalized spacial score (nSPS) is 10.7. The smallest absolute Gasteiger partial charge is 0.187 e. The van der Waals surface area contributed by atoms with Crippen LogP contribution in [0, 0.1) is 6.92 Å². The van der Waals surface area contributed by atoms with Gasteiger partial charge in [0.05, 0.1) is 11.4 Å². The summed E-state index contributed by atoms with van der Waals surface area (Å²) in [6, 6.07) is 11.5. The van der Waals surface area contributed by atoms with Crippen LogP contribution in [0.5, 0.6) is 0 Å². The quantitative estimate of drug-likeness (QED) is 0.349. The minimum Gasteiger partial charge on any atom is -0.332 e. The fourth-order valence-electron chi connectivity index (χ4n) is 2.54. The fraction of sp³-hybridized carbons (Fsp3) is 0.0588. The SMILES string of the molecule is Br.Cc1nc2ccc(Br)cn2c1-c1csc(Nc2ccc(Cl)cc2)n1. The summed E-state index contributed by atoms with van der Waals surface area (Å²) in [5, 5.41) is 6.88. The highest BCUT2D eigenvalue weighted by atomic mass is 79.9. The maximum atomic E-state index is 5.92. The van der Waals surface area contributed by atoms with Gasteiger partial charge in [-0.2, -0.15) is 0 Å². The van der Waals surface area contributed by atoms with Crippen LogP contribution in [0.4, 0.5) is 10.8 Å². The fourth-order valence-corrected chi connectivity index (χ4v) is 3.72. The number of aryl methyl sites for hydroxylation is 1. The van der Waals surface area contributed by atoms with Crippen molar-refractivity contribution in [3.8, 4) is 11.4 Å². The molecule has 0 saturated heterocycles. The van der Waals surface area contributed by atoms with E-state index in [0.29, 0.717) is 5.02 Å². The second-order valence-corrected chi connectivity index (χ2v) is 7.50. The molecule has 1 N–H and O–H groups in total. The van der Waals surface area contributed by atoms with Crippen molar-refractivity contribution in [2.75, 3.05) is 5.32 Å². The Bertz CT molecular complexity index is 1030. The van der Waals surface area contributed by atoms with Crippen LogP contribution in [0.3, 0.4) is 0 Å². The maximum Gasteiger partial charge on any atom is 0.187 e. The number of pyridine rings is 1. The van der Waals surface area contributed by atoms with Gasteiger partial charge in [0.1, 0.15) is 11.3 Å². The number of imidazole rings is 1. The van der Waals surface area contributed by atoms with Gasteiger partial charge in [-0.3, -0.25) is 4.40 Å². The van der Waals surface area contributed by atoms with Gasteiger partial charge in [-0.25, -0.2) is 9.97 Å². The standard InChI is InChI=1S/C17H12BrClN4S.BrH/c1-10-16(23-8-11(18)2-7-15(23)20-10)14-9-24-17(22-14)21-13-5-3-12(19)4-6-13;/h2-9H,1H3,(H,21,22);1H. The number of halogens is 3. The van der Waals surface area contributed by atoms with Crippen molar-refractivity contribution >= 4 is 72.3 Å². The lowest BCUT2D eigenvalue weighted by Crippen LogP contribution is -1.92. The van der Waals surface area contributed by atoms with Crippen LogP contribution in [-0.4, -0.2) is 14.4 Å². The first kappa shape index (κ1) is 18.4. The summed E-state index contributed by atoms with van der Waals surface area (Å²) >= 11 is 11.0. The van der Waals surface area contributed by atoms with E-state index in [1.165, 1.54) is 0 Å². The third-order valence-corrected chi connectivity index (χ3v) is 5.08. The minimum atomic E-state index is 0. The van der Waals surface area contributed by atoms with Crippen molar-refractivity contribution in [1.82, 2.24) is 14.4 Å². The van der Waals surface area contributed by atoms with Crippen molar-refractivity contribution in [3.63, 3.8) is 0 Å². The van der Waals surface area contributed by atoms with Crippen LogP contribution in [0.15, 0.2) is 52.4 Å². The first-order valence-electron chi connectivity index (χ1n) is 7.23. The summed E-state index contributed by atoms with van der Waals surface area (Å²) in [7, 11) is 0. The zero-order valence-electron chi connectivity index (χ0n) is 13.0. The van der Waals surface area contributed by atoms with Crippen molar-refractivity contribution < 1.29 is 0 Å². The highest BCUT2D eigenvalue weighted by Crippen LogP contribution is 2.30. The Morgan fingerprint density at radius 3 is 2.64 bits per heavy atom. The second kappa shape index (κ2) is 7.45. The molecular weight excluding hydrogens is 488 g/mol. The van der Waals surface area contributed by atoms with E-state index >= 15 is 0 Å². The van der Waals surface area contributed by atoms with Crippen molar-refractivity contribution in [3.05, 3.63) is 63.2 Å². The molecule has 0 unspecified atom stereocenters. The third kappa shape index (κ3) is 3.74. The molecular formula is C17H13Br2ClN4S. The average Bonchev–Trinajstić information content (AvgIpc) is 3.12. The summed E-state index contributed by atoms with van der Waals surface area (Å²) in [6.45, 7) is 2.00. The number of benzene rings is 1. The van der Waals surface area contributed by atoms with Gasteiger partial charge in [0.2, 0.25) is 0 Å². The summed E-state index contributed by atoms with van der Waals surface area (Å²) in [4.78, 5) is 9.31. The zero-order valence-corrected chi connectivity index (χ0v) is 17.9. The Balaban J connectivity index is 0.00000182. The molecule has 0 fully saturated rings. The molecule has 0 atom stereocenters. The number of nitrogens with zero attached hydrogens (tertiary/aromatic N) is 3. The molecule has 0 aliphatic rings. The third-order valence-electron chi connectivity index (χ3n) is 3.60. The first-order chi connectivity index (χ1) is 11.6. The molecule has 4 nitrogen and oxygen atoms in total. The molecule has 0 bridgehead atoms. The largest absolute Gasteiger partial charge is 0.332 e.